The largest absolute Gasteiger partial charge is 0.383 e. The van der Waals surface area contributed by atoms with E-state index in [1.165, 1.54) is 0 Å². The molecule has 1 aliphatic rings. The molecule has 0 spiro atoms. The highest BCUT2D eigenvalue weighted by Gasteiger charge is 2.32. The maximum absolute atomic E-state index is 10.2. The number of carbonyl (C=O) groups excluding carboxylic acids is 1. The van der Waals surface area contributed by atoms with E-state index >= 15 is 0 Å². The number of aliphatic hydroxyl groups is 1. The van der Waals surface area contributed by atoms with E-state index < -0.39 is 6.10 Å². The minimum absolute atomic E-state index is 0.252. The van der Waals surface area contributed by atoms with E-state index in [-0.39, 0.29) is 6.10 Å². The normalized spacial score (nSPS) is 33.6. The lowest BCUT2D eigenvalue weighted by Gasteiger charge is -2.18. The van der Waals surface area contributed by atoms with Crippen molar-refractivity contribution in [1.29, 1.82) is 0 Å². The van der Waals surface area contributed by atoms with Crippen molar-refractivity contribution in [3.8, 4) is 0 Å². The smallest absolute Gasteiger partial charge is 0.151 e. The second kappa shape index (κ2) is 3.83. The molecular weight excluding hydrogens is 144 g/mol. The summed E-state index contributed by atoms with van der Waals surface area (Å²) >= 11 is 0. The van der Waals surface area contributed by atoms with Crippen molar-refractivity contribution in [2.75, 3.05) is 6.61 Å². The molecule has 64 valence electrons. The summed E-state index contributed by atoms with van der Waals surface area (Å²) in [5, 5.41) is 9.17. The molecular formula is C8H14O3. The molecule has 1 heterocycles. The summed E-state index contributed by atoms with van der Waals surface area (Å²) in [5.74, 6) is 0.357. The molecule has 0 radical (unpaired) electrons. The standard InChI is InChI=1S/C8H14O3/c1-2-6-3-4-11-8(6)7(10)5-9/h5-8,10H,2-4H2,1H3. The zero-order valence-electron chi connectivity index (χ0n) is 6.69. The fourth-order valence-electron chi connectivity index (χ4n) is 1.55. The predicted octanol–water partition coefficient (Wildman–Crippen LogP) is 0.361. The maximum Gasteiger partial charge on any atom is 0.151 e. The molecule has 0 amide bonds. The number of hydrogen-bond acceptors (Lipinski definition) is 3. The van der Waals surface area contributed by atoms with Crippen LogP contribution >= 0.6 is 0 Å². The molecule has 1 saturated heterocycles. The van der Waals surface area contributed by atoms with Crippen molar-refractivity contribution in [3.05, 3.63) is 0 Å². The third kappa shape index (κ3) is 1.79. The minimum Gasteiger partial charge on any atom is -0.383 e. The molecule has 0 aromatic rings. The molecule has 11 heavy (non-hydrogen) atoms. The van der Waals surface area contributed by atoms with Crippen molar-refractivity contribution < 1.29 is 14.6 Å². The lowest BCUT2D eigenvalue weighted by molar-refractivity contribution is -0.122. The van der Waals surface area contributed by atoms with Gasteiger partial charge in [0, 0.05) is 6.61 Å². The van der Waals surface area contributed by atoms with Crippen LogP contribution in [-0.4, -0.2) is 30.2 Å². The van der Waals surface area contributed by atoms with Crippen molar-refractivity contribution >= 4 is 6.29 Å². The number of hydrogen-bond donors (Lipinski definition) is 1. The van der Waals surface area contributed by atoms with Gasteiger partial charge in [-0.15, -0.1) is 0 Å². The van der Waals surface area contributed by atoms with Gasteiger partial charge >= 0.3 is 0 Å². The van der Waals surface area contributed by atoms with Crippen LogP contribution in [0.5, 0.6) is 0 Å². The second-order valence-corrected chi connectivity index (χ2v) is 2.92. The lowest BCUT2D eigenvalue weighted by Crippen LogP contribution is -2.31. The van der Waals surface area contributed by atoms with Gasteiger partial charge in [-0.2, -0.15) is 0 Å². The van der Waals surface area contributed by atoms with E-state index in [9.17, 15) is 4.79 Å². The number of ether oxygens (including phenoxy) is 1. The Hall–Kier alpha value is -0.410. The third-order valence-corrected chi connectivity index (χ3v) is 2.26. The molecule has 0 aromatic carbocycles. The quantitative estimate of drug-likeness (QED) is 0.603. The topological polar surface area (TPSA) is 46.5 Å². The SMILES string of the molecule is CCC1CCOC1C(O)C=O. The Morgan fingerprint density at radius 1 is 1.82 bits per heavy atom. The van der Waals surface area contributed by atoms with E-state index in [0.29, 0.717) is 18.8 Å². The van der Waals surface area contributed by atoms with Crippen molar-refractivity contribution in [2.45, 2.75) is 32.0 Å². The molecule has 0 bridgehead atoms. The van der Waals surface area contributed by atoms with E-state index in [1.54, 1.807) is 0 Å². The van der Waals surface area contributed by atoms with E-state index in [4.69, 9.17) is 9.84 Å². The van der Waals surface area contributed by atoms with Crippen LogP contribution in [0.3, 0.4) is 0 Å². The highest BCUT2D eigenvalue weighted by atomic mass is 16.5. The summed E-state index contributed by atoms with van der Waals surface area (Å²) in [6, 6.07) is 0. The molecule has 3 unspecified atom stereocenters. The zero-order chi connectivity index (χ0) is 8.27. The van der Waals surface area contributed by atoms with Crippen LogP contribution in [0, 0.1) is 5.92 Å². The zero-order valence-corrected chi connectivity index (χ0v) is 6.69. The van der Waals surface area contributed by atoms with Crippen LogP contribution in [0.4, 0.5) is 0 Å². The van der Waals surface area contributed by atoms with Crippen molar-refractivity contribution in [2.24, 2.45) is 5.92 Å². The molecule has 0 aromatic heterocycles. The third-order valence-electron chi connectivity index (χ3n) is 2.26. The van der Waals surface area contributed by atoms with E-state index in [0.717, 1.165) is 12.8 Å². The first kappa shape index (κ1) is 8.68. The van der Waals surface area contributed by atoms with Crippen LogP contribution in [0.15, 0.2) is 0 Å². The molecule has 3 atom stereocenters. The van der Waals surface area contributed by atoms with Crippen LogP contribution in [0.25, 0.3) is 0 Å². The molecule has 3 heteroatoms. The van der Waals surface area contributed by atoms with Gasteiger partial charge in [0.15, 0.2) is 6.29 Å². The summed E-state index contributed by atoms with van der Waals surface area (Å²) in [4.78, 5) is 10.2. The molecule has 0 saturated carbocycles. The van der Waals surface area contributed by atoms with Gasteiger partial charge in [-0.1, -0.05) is 13.3 Å². The van der Waals surface area contributed by atoms with Gasteiger partial charge in [0.25, 0.3) is 0 Å². The van der Waals surface area contributed by atoms with Crippen LogP contribution < -0.4 is 0 Å². The van der Waals surface area contributed by atoms with E-state index in [1.807, 2.05) is 6.92 Å². The Morgan fingerprint density at radius 2 is 2.55 bits per heavy atom. The number of aliphatic hydroxyl groups excluding tert-OH is 1. The van der Waals surface area contributed by atoms with E-state index in [2.05, 4.69) is 0 Å². The summed E-state index contributed by atoms with van der Waals surface area (Å²) < 4.78 is 5.23. The van der Waals surface area contributed by atoms with Crippen molar-refractivity contribution in [1.82, 2.24) is 0 Å². The molecule has 1 fully saturated rings. The Balaban J connectivity index is 2.48. The van der Waals surface area contributed by atoms with Gasteiger partial charge in [-0.05, 0) is 12.3 Å². The summed E-state index contributed by atoms with van der Waals surface area (Å²) in [6.45, 7) is 2.72. The predicted molar refractivity (Wildman–Crippen MR) is 40.2 cm³/mol. The van der Waals surface area contributed by atoms with Crippen LogP contribution in [0.2, 0.25) is 0 Å². The first-order valence-electron chi connectivity index (χ1n) is 4.04. The number of rotatable bonds is 3. The fourth-order valence-corrected chi connectivity index (χ4v) is 1.55. The summed E-state index contributed by atoms with van der Waals surface area (Å²) in [6.07, 6.45) is 1.31. The van der Waals surface area contributed by atoms with Crippen molar-refractivity contribution in [3.63, 3.8) is 0 Å². The minimum atomic E-state index is -0.928. The number of aldehydes is 1. The van der Waals surface area contributed by atoms with Crippen LogP contribution in [-0.2, 0) is 9.53 Å². The first-order chi connectivity index (χ1) is 5.29. The lowest BCUT2D eigenvalue weighted by atomic mass is 9.95. The Labute approximate surface area is 66.4 Å². The Bertz CT molecular complexity index is 135. The van der Waals surface area contributed by atoms with Gasteiger partial charge < -0.3 is 14.6 Å². The van der Waals surface area contributed by atoms with Gasteiger partial charge in [0.05, 0.1) is 6.10 Å². The monoisotopic (exact) mass is 158 g/mol. The van der Waals surface area contributed by atoms with Crippen LogP contribution in [0.1, 0.15) is 19.8 Å². The average Bonchev–Trinajstić information content (AvgIpc) is 2.50. The highest BCUT2D eigenvalue weighted by molar-refractivity contribution is 5.56. The number of carbonyl (C=O) groups is 1. The summed E-state index contributed by atoms with van der Waals surface area (Å²) in [7, 11) is 0. The maximum atomic E-state index is 10.2. The Morgan fingerprint density at radius 3 is 3.09 bits per heavy atom. The van der Waals surface area contributed by atoms with Gasteiger partial charge in [-0.3, -0.25) is 0 Å². The molecule has 3 nitrogen and oxygen atoms in total. The fraction of sp³-hybridized carbons (Fsp3) is 0.875. The summed E-state index contributed by atoms with van der Waals surface area (Å²) in [5.41, 5.74) is 0. The average molecular weight is 158 g/mol. The second-order valence-electron chi connectivity index (χ2n) is 2.92. The molecule has 1 aliphatic heterocycles. The molecule has 0 aliphatic carbocycles. The molecule has 1 rings (SSSR count). The highest BCUT2D eigenvalue weighted by Crippen LogP contribution is 2.25. The molecule has 1 N–H and O–H groups in total. The Kier molecular flexibility index (Phi) is 3.02. The van der Waals surface area contributed by atoms with Gasteiger partial charge in [0.1, 0.15) is 6.10 Å². The van der Waals surface area contributed by atoms with Gasteiger partial charge in [0.2, 0.25) is 0 Å². The van der Waals surface area contributed by atoms with Gasteiger partial charge in [-0.25, -0.2) is 0 Å². The first-order valence-corrected chi connectivity index (χ1v) is 4.04.